The minimum Gasteiger partial charge on any atom is -0.358 e. The molecule has 0 fully saturated rings. The van der Waals surface area contributed by atoms with Crippen molar-refractivity contribution in [3.05, 3.63) is 5.82 Å². The predicted molar refractivity (Wildman–Crippen MR) is 67.0 cm³/mol. The summed E-state index contributed by atoms with van der Waals surface area (Å²) < 4.78 is 4.28. The lowest BCUT2D eigenvalue weighted by Gasteiger charge is -2.13. The van der Waals surface area contributed by atoms with Gasteiger partial charge in [0.25, 0.3) is 0 Å². The molecular formula is C10H18ClN3S. The Morgan fingerprint density at radius 3 is 2.47 bits per heavy atom. The zero-order valence-corrected chi connectivity index (χ0v) is 11.2. The van der Waals surface area contributed by atoms with Crippen LogP contribution in [0.3, 0.4) is 0 Å². The summed E-state index contributed by atoms with van der Waals surface area (Å²) in [6.07, 6.45) is 0.929. The van der Waals surface area contributed by atoms with E-state index < -0.39 is 0 Å². The Hall–Kier alpha value is -0.350. The van der Waals surface area contributed by atoms with Crippen LogP contribution in [-0.4, -0.2) is 20.8 Å². The van der Waals surface area contributed by atoms with E-state index in [1.165, 1.54) is 11.5 Å². The fraction of sp³-hybridized carbons (Fsp3) is 0.800. The summed E-state index contributed by atoms with van der Waals surface area (Å²) >= 11 is 7.34. The third kappa shape index (κ3) is 4.34. The van der Waals surface area contributed by atoms with Gasteiger partial charge in [-0.2, -0.15) is 4.37 Å². The Labute approximate surface area is 100 Å². The van der Waals surface area contributed by atoms with E-state index in [-0.39, 0.29) is 5.38 Å². The number of aromatic nitrogens is 2. The molecule has 5 heteroatoms. The van der Waals surface area contributed by atoms with Crippen LogP contribution in [-0.2, 0) is 0 Å². The summed E-state index contributed by atoms with van der Waals surface area (Å²) in [6, 6.07) is 0.338. The van der Waals surface area contributed by atoms with E-state index in [1.54, 1.807) is 0 Å². The van der Waals surface area contributed by atoms with Gasteiger partial charge < -0.3 is 5.32 Å². The zero-order valence-electron chi connectivity index (χ0n) is 9.62. The molecule has 1 aromatic rings. The minimum absolute atomic E-state index is 0.185. The molecule has 0 aromatic carbocycles. The summed E-state index contributed by atoms with van der Waals surface area (Å²) in [6.45, 7) is 8.29. The summed E-state index contributed by atoms with van der Waals surface area (Å²) in [5.41, 5.74) is 0. The van der Waals surface area contributed by atoms with E-state index in [4.69, 9.17) is 11.6 Å². The highest BCUT2D eigenvalue weighted by atomic mass is 35.5. The number of alkyl halides is 1. The SMILES string of the molecule is CC(Cl)CC(C)Nc1nc(C(C)C)ns1. The number of nitrogens with one attached hydrogen (secondary N) is 1. The minimum atomic E-state index is 0.185. The Bertz CT molecular complexity index is 299. The van der Waals surface area contributed by atoms with Crippen molar-refractivity contribution in [1.82, 2.24) is 9.36 Å². The molecular weight excluding hydrogens is 230 g/mol. The van der Waals surface area contributed by atoms with Crippen molar-refractivity contribution < 1.29 is 0 Å². The topological polar surface area (TPSA) is 37.8 Å². The number of halogens is 1. The molecule has 0 saturated carbocycles. The lowest BCUT2D eigenvalue weighted by Crippen LogP contribution is -2.18. The molecule has 0 saturated heterocycles. The molecule has 0 bridgehead atoms. The average molecular weight is 248 g/mol. The normalized spacial score (nSPS) is 15.3. The number of hydrogen-bond acceptors (Lipinski definition) is 4. The van der Waals surface area contributed by atoms with E-state index in [0.717, 1.165) is 17.4 Å². The molecule has 0 amide bonds. The molecule has 0 aliphatic carbocycles. The van der Waals surface area contributed by atoms with Gasteiger partial charge in [0.2, 0.25) is 5.13 Å². The number of rotatable bonds is 5. The van der Waals surface area contributed by atoms with Crippen molar-refractivity contribution in [2.45, 2.75) is 51.5 Å². The molecule has 0 radical (unpaired) electrons. The Kier molecular flexibility index (Phi) is 4.80. The molecule has 3 nitrogen and oxygen atoms in total. The molecule has 86 valence electrons. The molecule has 0 aliphatic rings. The first kappa shape index (κ1) is 12.7. The van der Waals surface area contributed by atoms with Crippen LogP contribution in [0.4, 0.5) is 5.13 Å². The van der Waals surface area contributed by atoms with Gasteiger partial charge in [0.05, 0.1) is 0 Å². The van der Waals surface area contributed by atoms with Crippen molar-refractivity contribution in [1.29, 1.82) is 0 Å². The van der Waals surface area contributed by atoms with Crippen LogP contribution in [0.2, 0.25) is 0 Å². The number of anilines is 1. The Morgan fingerprint density at radius 2 is 2.00 bits per heavy atom. The van der Waals surface area contributed by atoms with Crippen LogP contribution in [0.25, 0.3) is 0 Å². The van der Waals surface area contributed by atoms with Gasteiger partial charge in [-0.15, -0.1) is 11.6 Å². The molecule has 0 aliphatic heterocycles. The molecule has 1 rings (SSSR count). The van der Waals surface area contributed by atoms with Gasteiger partial charge in [0, 0.05) is 28.9 Å². The highest BCUT2D eigenvalue weighted by Crippen LogP contribution is 2.19. The highest BCUT2D eigenvalue weighted by Gasteiger charge is 2.11. The van der Waals surface area contributed by atoms with Crippen molar-refractivity contribution in [3.63, 3.8) is 0 Å². The van der Waals surface area contributed by atoms with Crippen molar-refractivity contribution in [2.75, 3.05) is 5.32 Å². The maximum Gasteiger partial charge on any atom is 0.202 e. The fourth-order valence-electron chi connectivity index (χ4n) is 1.28. The van der Waals surface area contributed by atoms with Gasteiger partial charge >= 0.3 is 0 Å². The van der Waals surface area contributed by atoms with Crippen LogP contribution in [0, 0.1) is 0 Å². The summed E-state index contributed by atoms with van der Waals surface area (Å²) in [5, 5.41) is 4.39. The van der Waals surface area contributed by atoms with Crippen LogP contribution < -0.4 is 5.32 Å². The first-order chi connectivity index (χ1) is 6.99. The molecule has 1 N–H and O–H groups in total. The van der Waals surface area contributed by atoms with Crippen LogP contribution in [0.5, 0.6) is 0 Å². The maximum atomic E-state index is 5.92. The first-order valence-corrected chi connectivity index (χ1v) is 6.44. The van der Waals surface area contributed by atoms with E-state index in [0.29, 0.717) is 12.0 Å². The molecule has 15 heavy (non-hydrogen) atoms. The molecule has 1 heterocycles. The lowest BCUT2D eigenvalue weighted by atomic mass is 10.2. The predicted octanol–water partition coefficient (Wildman–Crippen LogP) is 3.48. The highest BCUT2D eigenvalue weighted by molar-refractivity contribution is 7.09. The zero-order chi connectivity index (χ0) is 11.4. The second-order valence-corrected chi connectivity index (χ2v) is 5.67. The van der Waals surface area contributed by atoms with Gasteiger partial charge in [-0.3, -0.25) is 0 Å². The van der Waals surface area contributed by atoms with Crippen molar-refractivity contribution in [2.24, 2.45) is 0 Å². The van der Waals surface area contributed by atoms with E-state index >= 15 is 0 Å². The van der Waals surface area contributed by atoms with Crippen LogP contribution in [0.15, 0.2) is 0 Å². The van der Waals surface area contributed by atoms with E-state index in [9.17, 15) is 0 Å². The van der Waals surface area contributed by atoms with E-state index in [2.05, 4.69) is 35.4 Å². The van der Waals surface area contributed by atoms with Crippen molar-refractivity contribution in [3.8, 4) is 0 Å². The monoisotopic (exact) mass is 247 g/mol. The maximum absolute atomic E-state index is 5.92. The lowest BCUT2D eigenvalue weighted by molar-refractivity contribution is 0.694. The summed E-state index contributed by atoms with van der Waals surface area (Å²) in [4.78, 5) is 4.41. The van der Waals surface area contributed by atoms with Gasteiger partial charge in [0.1, 0.15) is 5.82 Å². The Balaban J connectivity index is 2.49. The largest absolute Gasteiger partial charge is 0.358 e. The second-order valence-electron chi connectivity index (χ2n) is 4.17. The molecule has 2 atom stereocenters. The number of nitrogens with zero attached hydrogens (tertiary/aromatic N) is 2. The van der Waals surface area contributed by atoms with Crippen molar-refractivity contribution >= 4 is 28.3 Å². The average Bonchev–Trinajstić information content (AvgIpc) is 2.50. The van der Waals surface area contributed by atoms with Crippen LogP contribution in [0.1, 0.15) is 45.9 Å². The quantitative estimate of drug-likeness (QED) is 0.810. The van der Waals surface area contributed by atoms with Gasteiger partial charge in [-0.05, 0) is 20.3 Å². The summed E-state index contributed by atoms with van der Waals surface area (Å²) in [7, 11) is 0. The van der Waals surface area contributed by atoms with Gasteiger partial charge in [-0.25, -0.2) is 4.98 Å². The fourth-order valence-corrected chi connectivity index (χ4v) is 2.37. The first-order valence-electron chi connectivity index (χ1n) is 5.23. The molecule has 0 spiro atoms. The van der Waals surface area contributed by atoms with Gasteiger partial charge in [0.15, 0.2) is 0 Å². The van der Waals surface area contributed by atoms with Gasteiger partial charge in [-0.1, -0.05) is 13.8 Å². The van der Waals surface area contributed by atoms with Crippen LogP contribution >= 0.6 is 23.1 Å². The number of hydrogen-bond donors (Lipinski definition) is 1. The molecule has 1 aromatic heterocycles. The smallest absolute Gasteiger partial charge is 0.202 e. The van der Waals surface area contributed by atoms with E-state index in [1.807, 2.05) is 6.92 Å². The summed E-state index contributed by atoms with van der Waals surface area (Å²) in [5.74, 6) is 1.30. The Morgan fingerprint density at radius 1 is 1.33 bits per heavy atom. The molecule has 2 unspecified atom stereocenters. The second kappa shape index (κ2) is 5.66. The third-order valence-electron chi connectivity index (χ3n) is 2.01. The third-order valence-corrected chi connectivity index (χ3v) is 2.84. The standard InChI is InChI=1S/C10H18ClN3S/c1-6(2)9-13-10(15-14-9)12-8(4)5-7(3)11/h6-8H,5H2,1-4H3,(H,12,13,14).